The Kier molecular flexibility index (Phi) is 5.63. The van der Waals surface area contributed by atoms with Crippen LogP contribution in [0.2, 0.25) is 5.02 Å². The summed E-state index contributed by atoms with van der Waals surface area (Å²) in [5.74, 6) is -1.22. The standard InChI is InChI=1S/C13H16ClNO4/c1-3-4-10(13(17)18)15-12(16)9-7-8(14)5-6-11(9)19-2/h5-7,10H,3-4H2,1-2H3,(H,15,16)(H,17,18). The molecule has 1 atom stereocenters. The lowest BCUT2D eigenvalue weighted by atomic mass is 10.1. The highest BCUT2D eigenvalue weighted by Crippen LogP contribution is 2.22. The molecular formula is C13H16ClNO4. The number of aliphatic carboxylic acids is 1. The second kappa shape index (κ2) is 6.99. The van der Waals surface area contributed by atoms with E-state index in [0.717, 1.165) is 0 Å². The maximum absolute atomic E-state index is 12.1. The van der Waals surface area contributed by atoms with Crippen molar-refractivity contribution in [2.75, 3.05) is 7.11 Å². The van der Waals surface area contributed by atoms with Gasteiger partial charge in [0.15, 0.2) is 0 Å². The van der Waals surface area contributed by atoms with E-state index in [0.29, 0.717) is 23.6 Å². The average molecular weight is 286 g/mol. The van der Waals surface area contributed by atoms with E-state index in [1.165, 1.54) is 13.2 Å². The Bertz CT molecular complexity index is 476. The number of carbonyl (C=O) groups is 2. The van der Waals surface area contributed by atoms with Gasteiger partial charge in [0.2, 0.25) is 0 Å². The van der Waals surface area contributed by atoms with Crippen LogP contribution in [0, 0.1) is 0 Å². The maximum Gasteiger partial charge on any atom is 0.326 e. The van der Waals surface area contributed by atoms with Gasteiger partial charge in [-0.25, -0.2) is 4.79 Å². The Balaban J connectivity index is 2.93. The largest absolute Gasteiger partial charge is 0.496 e. The zero-order valence-electron chi connectivity index (χ0n) is 10.8. The van der Waals surface area contributed by atoms with E-state index in [9.17, 15) is 9.59 Å². The van der Waals surface area contributed by atoms with Crippen molar-refractivity contribution >= 4 is 23.5 Å². The van der Waals surface area contributed by atoms with Crippen LogP contribution in [0.4, 0.5) is 0 Å². The summed E-state index contributed by atoms with van der Waals surface area (Å²) in [6.07, 6.45) is 1.02. The van der Waals surface area contributed by atoms with Crippen LogP contribution >= 0.6 is 11.6 Å². The molecule has 1 aromatic rings. The van der Waals surface area contributed by atoms with Crippen LogP contribution < -0.4 is 10.1 Å². The third kappa shape index (κ3) is 4.13. The molecule has 0 bridgehead atoms. The van der Waals surface area contributed by atoms with Crippen LogP contribution in [-0.4, -0.2) is 30.1 Å². The molecule has 0 fully saturated rings. The summed E-state index contributed by atoms with van der Waals surface area (Å²) >= 11 is 5.83. The monoisotopic (exact) mass is 285 g/mol. The molecule has 1 unspecified atom stereocenters. The number of halogens is 1. The van der Waals surface area contributed by atoms with Crippen molar-refractivity contribution in [3.05, 3.63) is 28.8 Å². The summed E-state index contributed by atoms with van der Waals surface area (Å²) in [5.41, 5.74) is 0.220. The van der Waals surface area contributed by atoms with Gasteiger partial charge in [0, 0.05) is 5.02 Å². The molecule has 5 nitrogen and oxygen atoms in total. The van der Waals surface area contributed by atoms with Gasteiger partial charge in [-0.1, -0.05) is 24.9 Å². The quantitative estimate of drug-likeness (QED) is 0.841. The number of ether oxygens (including phenoxy) is 1. The maximum atomic E-state index is 12.1. The molecule has 104 valence electrons. The Labute approximate surface area is 116 Å². The number of carbonyl (C=O) groups excluding carboxylic acids is 1. The van der Waals surface area contributed by atoms with Crippen LogP contribution in [0.1, 0.15) is 30.1 Å². The molecule has 0 saturated carbocycles. The fourth-order valence-electron chi connectivity index (χ4n) is 1.64. The number of methoxy groups -OCH3 is 1. The summed E-state index contributed by atoms with van der Waals surface area (Å²) in [4.78, 5) is 23.1. The molecule has 0 aliphatic carbocycles. The Morgan fingerprint density at radius 3 is 2.68 bits per heavy atom. The number of benzene rings is 1. The highest BCUT2D eigenvalue weighted by molar-refractivity contribution is 6.31. The van der Waals surface area contributed by atoms with Crippen LogP contribution in [0.15, 0.2) is 18.2 Å². The fraction of sp³-hybridized carbons (Fsp3) is 0.385. The average Bonchev–Trinajstić information content (AvgIpc) is 2.37. The first kappa shape index (κ1) is 15.3. The zero-order chi connectivity index (χ0) is 14.4. The summed E-state index contributed by atoms with van der Waals surface area (Å²) in [7, 11) is 1.43. The number of amides is 1. The van der Waals surface area contributed by atoms with Crippen molar-refractivity contribution in [2.24, 2.45) is 0 Å². The van der Waals surface area contributed by atoms with Crippen molar-refractivity contribution in [2.45, 2.75) is 25.8 Å². The van der Waals surface area contributed by atoms with Gasteiger partial charge < -0.3 is 15.2 Å². The smallest absolute Gasteiger partial charge is 0.326 e. The van der Waals surface area contributed by atoms with E-state index < -0.39 is 17.9 Å². The van der Waals surface area contributed by atoms with Crippen molar-refractivity contribution in [3.8, 4) is 5.75 Å². The highest BCUT2D eigenvalue weighted by Gasteiger charge is 2.21. The van der Waals surface area contributed by atoms with Crippen LogP contribution in [0.3, 0.4) is 0 Å². The normalized spacial score (nSPS) is 11.7. The Hall–Kier alpha value is -1.75. The molecule has 0 spiro atoms. The molecule has 6 heteroatoms. The van der Waals surface area contributed by atoms with Gasteiger partial charge in [0.25, 0.3) is 5.91 Å². The number of carboxylic acids is 1. The van der Waals surface area contributed by atoms with Gasteiger partial charge in [-0.3, -0.25) is 4.79 Å². The predicted octanol–water partition coefficient (Wildman–Crippen LogP) is 2.33. The predicted molar refractivity (Wildman–Crippen MR) is 71.8 cm³/mol. The van der Waals surface area contributed by atoms with Crippen LogP contribution in [0.25, 0.3) is 0 Å². The number of rotatable bonds is 6. The Morgan fingerprint density at radius 2 is 2.16 bits per heavy atom. The molecule has 0 aliphatic heterocycles. The van der Waals surface area contributed by atoms with E-state index >= 15 is 0 Å². The van der Waals surface area contributed by atoms with E-state index in [1.807, 2.05) is 6.92 Å². The molecule has 2 N–H and O–H groups in total. The van der Waals surface area contributed by atoms with E-state index in [1.54, 1.807) is 12.1 Å². The Morgan fingerprint density at radius 1 is 1.47 bits per heavy atom. The third-order valence-electron chi connectivity index (χ3n) is 2.59. The minimum Gasteiger partial charge on any atom is -0.496 e. The lowest BCUT2D eigenvalue weighted by Gasteiger charge is -2.15. The lowest BCUT2D eigenvalue weighted by Crippen LogP contribution is -2.40. The van der Waals surface area contributed by atoms with Gasteiger partial charge >= 0.3 is 5.97 Å². The first-order valence-corrected chi connectivity index (χ1v) is 6.24. The van der Waals surface area contributed by atoms with Gasteiger partial charge in [-0.15, -0.1) is 0 Å². The van der Waals surface area contributed by atoms with Gasteiger partial charge in [0.05, 0.1) is 12.7 Å². The number of carboxylic acid groups (broad SMARTS) is 1. The molecule has 1 rings (SSSR count). The summed E-state index contributed by atoms with van der Waals surface area (Å²) in [6.45, 7) is 1.85. The van der Waals surface area contributed by atoms with E-state index in [-0.39, 0.29) is 5.56 Å². The number of nitrogens with one attached hydrogen (secondary N) is 1. The lowest BCUT2D eigenvalue weighted by molar-refractivity contribution is -0.139. The summed E-state index contributed by atoms with van der Waals surface area (Å²) < 4.78 is 5.06. The molecule has 19 heavy (non-hydrogen) atoms. The first-order chi connectivity index (χ1) is 8.99. The fourth-order valence-corrected chi connectivity index (χ4v) is 1.81. The minimum atomic E-state index is -1.06. The molecular weight excluding hydrogens is 270 g/mol. The van der Waals surface area contributed by atoms with Gasteiger partial charge in [-0.2, -0.15) is 0 Å². The molecule has 0 aromatic heterocycles. The van der Waals surface area contributed by atoms with Crippen LogP contribution in [0.5, 0.6) is 5.75 Å². The van der Waals surface area contributed by atoms with Gasteiger partial charge in [-0.05, 0) is 24.6 Å². The summed E-state index contributed by atoms with van der Waals surface area (Å²) in [5, 5.41) is 11.9. The second-order valence-corrected chi connectivity index (χ2v) is 4.43. The number of hydrogen-bond acceptors (Lipinski definition) is 3. The molecule has 1 amide bonds. The summed E-state index contributed by atoms with van der Waals surface area (Å²) in [6, 6.07) is 3.69. The van der Waals surface area contributed by atoms with Crippen molar-refractivity contribution < 1.29 is 19.4 Å². The molecule has 0 saturated heterocycles. The number of hydrogen-bond donors (Lipinski definition) is 2. The van der Waals surface area contributed by atoms with Crippen molar-refractivity contribution in [1.29, 1.82) is 0 Å². The van der Waals surface area contributed by atoms with Crippen molar-refractivity contribution in [1.82, 2.24) is 5.32 Å². The minimum absolute atomic E-state index is 0.220. The van der Waals surface area contributed by atoms with Gasteiger partial charge in [0.1, 0.15) is 11.8 Å². The van der Waals surface area contributed by atoms with E-state index in [2.05, 4.69) is 5.32 Å². The van der Waals surface area contributed by atoms with E-state index in [4.69, 9.17) is 21.4 Å². The second-order valence-electron chi connectivity index (χ2n) is 4.00. The third-order valence-corrected chi connectivity index (χ3v) is 2.82. The zero-order valence-corrected chi connectivity index (χ0v) is 11.5. The van der Waals surface area contributed by atoms with Crippen molar-refractivity contribution in [3.63, 3.8) is 0 Å². The molecule has 0 radical (unpaired) electrons. The first-order valence-electron chi connectivity index (χ1n) is 5.86. The molecule has 0 aliphatic rings. The SMILES string of the molecule is CCCC(NC(=O)c1cc(Cl)ccc1OC)C(=O)O. The topological polar surface area (TPSA) is 75.6 Å². The highest BCUT2D eigenvalue weighted by atomic mass is 35.5. The molecule has 1 aromatic carbocycles. The van der Waals surface area contributed by atoms with Crippen LogP contribution in [-0.2, 0) is 4.79 Å². The molecule has 0 heterocycles.